The number of hydrogen-bond acceptors (Lipinski definition) is 26. The molecule has 32 heteroatoms. The summed E-state index contributed by atoms with van der Waals surface area (Å²) in [5.41, 5.74) is 1.48. The number of likely N-dealkylation sites (N-methyl/N-ethyl adjacent to an activating group) is 2. The van der Waals surface area contributed by atoms with E-state index in [0.29, 0.717) is 40.9 Å². The van der Waals surface area contributed by atoms with Gasteiger partial charge in [-0.05, 0) is 85.9 Å². The molecule has 0 aliphatic carbocycles. The van der Waals surface area contributed by atoms with Gasteiger partial charge in [0.15, 0.2) is 0 Å². The molecule has 1 heterocycles. The van der Waals surface area contributed by atoms with E-state index in [1.807, 2.05) is 0 Å². The van der Waals surface area contributed by atoms with Crippen LogP contribution in [0.3, 0.4) is 0 Å². The van der Waals surface area contributed by atoms with Crippen molar-refractivity contribution in [3.63, 3.8) is 0 Å². The summed E-state index contributed by atoms with van der Waals surface area (Å²) in [6, 6.07) is 0. The first-order valence-corrected chi connectivity index (χ1v) is 26.5. The Morgan fingerprint density at radius 3 is 1.11 bits per heavy atom. The van der Waals surface area contributed by atoms with Gasteiger partial charge in [-0.3, -0.25) is 9.59 Å². The number of halogens is 4. The van der Waals surface area contributed by atoms with Gasteiger partial charge in [0.2, 0.25) is 5.24 Å². The van der Waals surface area contributed by atoms with Crippen molar-refractivity contribution < 1.29 is 175 Å². The minimum absolute atomic E-state index is 0. The van der Waals surface area contributed by atoms with Crippen molar-refractivity contribution in [3.05, 3.63) is 48.6 Å². The molecule has 84 heavy (non-hydrogen) atoms. The van der Waals surface area contributed by atoms with Crippen LogP contribution in [0.5, 0.6) is 0 Å². The first-order chi connectivity index (χ1) is 37.4. The van der Waals surface area contributed by atoms with E-state index in [-0.39, 0.29) is 139 Å². The van der Waals surface area contributed by atoms with E-state index in [0.717, 1.165) is 20.3 Å². The van der Waals surface area contributed by atoms with E-state index >= 15 is 0 Å². The average Bonchev–Trinajstić information content (AvgIpc) is 4.05. The van der Waals surface area contributed by atoms with E-state index in [2.05, 4.69) is 71.7 Å². The van der Waals surface area contributed by atoms with Crippen molar-refractivity contribution in [1.82, 2.24) is 15.1 Å². The molecular weight excluding hydrogens is 1220 g/mol. The molecule has 8 atom stereocenters. The number of carbonyl (C=O) groups excluding carboxylic acids is 5. The molecule has 26 nitrogen and oxygen atoms in total. The number of ether oxygens (including phenoxy) is 4. The molecular formula is C52H107Cl4N3Na2O23. The fourth-order valence-corrected chi connectivity index (χ4v) is 4.24. The van der Waals surface area contributed by atoms with Crippen LogP contribution in [-0.4, -0.2) is 281 Å². The molecule has 0 saturated carbocycles. The number of alkyl halides is 3. The normalized spacial score (nSPS) is 12.9. The van der Waals surface area contributed by atoms with Crippen molar-refractivity contribution in [2.24, 2.45) is 0 Å². The molecule has 498 valence electrons. The first-order valence-electron chi connectivity index (χ1n) is 24.5. The number of esters is 3. The maximum absolute atomic E-state index is 11.1. The Labute approximate surface area is 566 Å². The molecule has 1 aliphatic rings. The van der Waals surface area contributed by atoms with Gasteiger partial charge in [-0.2, -0.15) is 0 Å². The fourth-order valence-electron chi connectivity index (χ4n) is 4.08. The summed E-state index contributed by atoms with van der Waals surface area (Å²) in [4.78, 5) is 57.2. The van der Waals surface area contributed by atoms with Gasteiger partial charge in [0.1, 0.15) is 56.4 Å². The van der Waals surface area contributed by atoms with E-state index in [1.165, 1.54) is 39.4 Å². The van der Waals surface area contributed by atoms with Crippen molar-refractivity contribution in [1.29, 1.82) is 0 Å². The van der Waals surface area contributed by atoms with Crippen molar-refractivity contribution >= 4 is 76.0 Å². The molecule has 0 unspecified atom stereocenters. The van der Waals surface area contributed by atoms with Crippen LogP contribution in [0.2, 0.25) is 0 Å². The predicted octanol–water partition coefficient (Wildman–Crippen LogP) is -6.07. The Hall–Kier alpha value is -1.01. The Balaban J connectivity index is -0.0000000579. The second kappa shape index (κ2) is 86.2. The molecule has 0 aromatic rings. The zero-order chi connectivity index (χ0) is 64.8. The van der Waals surface area contributed by atoms with Gasteiger partial charge in [0.05, 0.1) is 43.8 Å². The summed E-state index contributed by atoms with van der Waals surface area (Å²) in [6.07, 6.45) is -9.21. The van der Waals surface area contributed by atoms with Crippen molar-refractivity contribution in [2.45, 2.75) is 125 Å². The molecule has 1 aliphatic heterocycles. The predicted molar refractivity (Wildman–Crippen MR) is 319 cm³/mol. The quantitative estimate of drug-likeness (QED) is 0.00399. The molecule has 1 fully saturated rings. The molecule has 0 amide bonds. The molecule has 1 rings (SSSR count). The van der Waals surface area contributed by atoms with Crippen LogP contribution in [0.1, 0.15) is 77.6 Å². The third-order valence-corrected chi connectivity index (χ3v) is 9.36. The van der Waals surface area contributed by atoms with Gasteiger partial charge in [-0.15, -0.1) is 34.8 Å². The molecule has 0 aromatic carbocycles. The Kier molecular flexibility index (Phi) is 117. The number of aliphatic hydroxyl groups excluding tert-OH is 12. The monoisotopic (exact) mass is 1330 g/mol. The number of nitrogens with zero attached hydrogens (tertiary/aromatic N) is 2. The number of aliphatic hydroxyl groups is 12. The maximum atomic E-state index is 11.1. The molecule has 0 radical (unpaired) electrons. The van der Waals surface area contributed by atoms with Gasteiger partial charge >= 0.3 is 77.0 Å². The Morgan fingerprint density at radius 2 is 0.917 bits per heavy atom. The molecule has 0 aromatic heterocycles. The van der Waals surface area contributed by atoms with Crippen LogP contribution in [0.4, 0.5) is 0 Å². The summed E-state index contributed by atoms with van der Waals surface area (Å²) >= 11 is 20.3. The zero-order valence-electron chi connectivity index (χ0n) is 51.2. The number of hydrogen-bond donors (Lipinski definition) is 13. The second-order valence-corrected chi connectivity index (χ2v) is 17.1. The van der Waals surface area contributed by atoms with Gasteiger partial charge in [0, 0.05) is 68.1 Å². The van der Waals surface area contributed by atoms with E-state index in [4.69, 9.17) is 102 Å². The van der Waals surface area contributed by atoms with Crippen LogP contribution in [-0.2, 0) is 47.8 Å². The maximum Gasteiger partial charge on any atom is 1.00 e. The second-order valence-electron chi connectivity index (χ2n) is 15.6. The third-order valence-electron chi connectivity index (χ3n) is 8.56. The van der Waals surface area contributed by atoms with Crippen LogP contribution in [0, 0.1) is 0 Å². The summed E-state index contributed by atoms with van der Waals surface area (Å²) in [5.74, 6) is -0.255. The number of nitrogens with one attached hydrogen (secondary N) is 1. The third kappa shape index (κ3) is 87.4. The van der Waals surface area contributed by atoms with Gasteiger partial charge in [-0.25, -0.2) is 14.4 Å². The van der Waals surface area contributed by atoms with Crippen LogP contribution >= 0.6 is 46.4 Å². The van der Waals surface area contributed by atoms with Crippen LogP contribution in [0.15, 0.2) is 48.6 Å². The Bertz CT molecular complexity index is 1460. The van der Waals surface area contributed by atoms with Crippen LogP contribution < -0.4 is 69.7 Å². The minimum atomic E-state index is -1.65. The SMILES string of the molecule is C.C.C1CCOC1.C=C(C)C(=O)Cl.C=C(C)C(=O)OCCCl.C=C(C)C(=O)OCCCl.C=C(C)C(=O)OCCN(C)C[C@H](O)[C@@H](O)[C@H](O)[C@H](O)CO.CCN(CC)CC.CNC[C@H](O)[C@@H](O)[C@H](O)[C@H](O)CO.CO.O=CO[O-].OCCCl.[H-].[Na+].[Na+]. The minimum Gasteiger partial charge on any atom is -1.00 e. The summed E-state index contributed by atoms with van der Waals surface area (Å²) in [7, 11) is 4.20. The largest absolute Gasteiger partial charge is 1.00 e. The standard InChI is InChI=1S/C13H25NO7.C7H17NO5.2C6H9ClO2.C6H15N.C4H5ClO.C4H8O.C2H5ClO.CH2O3.CH4O.2CH4.2Na.H/c1-8(2)13(20)21-5-4-14(3)6-9(16)11(18)12(19)10(17)7-15;1-8-2-4(10)6(12)7(13)5(11)3-9;2*1-5(2)6(8)9-4-3-7;1-4-7(5-2)6-3;1-3(2)4(5)6;1-2-4-5-3-1;3-1-2-4;2-1-4-3;1-2;;;;;/h9-12,15-19H,1,4-7H2,2-3H3;4-13H,2-3H2,1H3;2*1,3-4H2,2H3;4-6H2,1-3H3;1H2,2H3;1-4H2;4H,1-2H2;1,3H;2H,1H3;2*1H4;;;/q;;;;;;;;;;;;2*+1;-1/p-1/t9-,10+,11+,12+;4-,5+,6+,7+;;;;;;;;;;;;;/m00............./s1. The van der Waals surface area contributed by atoms with Gasteiger partial charge in [-0.1, -0.05) is 61.9 Å². The van der Waals surface area contributed by atoms with Crippen molar-refractivity contribution in [2.75, 3.05) is 131 Å². The van der Waals surface area contributed by atoms with E-state index < -0.39 is 73.3 Å². The average molecular weight is 1330 g/mol. The van der Waals surface area contributed by atoms with Crippen molar-refractivity contribution in [3.8, 4) is 0 Å². The first kappa shape index (κ1) is 114. The molecule has 0 bridgehead atoms. The topological polar surface area (TPSA) is 416 Å². The molecule has 1 saturated heterocycles. The Morgan fingerprint density at radius 1 is 0.631 bits per heavy atom. The van der Waals surface area contributed by atoms with Crippen LogP contribution in [0.25, 0.3) is 0 Å². The fraction of sp³-hybridized carbons (Fsp3) is 0.750. The summed E-state index contributed by atoms with van der Waals surface area (Å²) < 4.78 is 19.0. The molecule has 13 N–H and O–H groups in total. The van der Waals surface area contributed by atoms with Gasteiger partial charge < -0.3 is 107 Å². The van der Waals surface area contributed by atoms with E-state index in [1.54, 1.807) is 39.8 Å². The van der Waals surface area contributed by atoms with Gasteiger partial charge in [0.25, 0.3) is 6.47 Å². The summed E-state index contributed by atoms with van der Waals surface area (Å²) in [5, 5.41) is 117. The zero-order valence-corrected chi connectivity index (χ0v) is 57.2. The smallest absolute Gasteiger partial charge is 1.00 e. The summed E-state index contributed by atoms with van der Waals surface area (Å²) in [6.45, 7) is 31.4. The number of carbonyl (C=O) groups is 5. The molecule has 0 spiro atoms. The number of rotatable bonds is 28. The number of allylic oxidation sites excluding steroid dienone is 1. The van der Waals surface area contributed by atoms with E-state index in [9.17, 15) is 44.7 Å².